The second kappa shape index (κ2) is 9.07. The summed E-state index contributed by atoms with van der Waals surface area (Å²) in [7, 11) is 0. The maximum absolute atomic E-state index is 12.3. The van der Waals surface area contributed by atoms with E-state index in [4.69, 9.17) is 4.74 Å². The van der Waals surface area contributed by atoms with E-state index in [1.807, 2.05) is 30.3 Å². The maximum Gasteiger partial charge on any atom is 0.258 e. The van der Waals surface area contributed by atoms with Gasteiger partial charge < -0.3 is 20.1 Å². The van der Waals surface area contributed by atoms with E-state index in [0.717, 1.165) is 12.8 Å². The van der Waals surface area contributed by atoms with Gasteiger partial charge in [0.1, 0.15) is 11.5 Å². The summed E-state index contributed by atoms with van der Waals surface area (Å²) in [6.07, 6.45) is 1.75. The molecule has 0 atom stereocenters. The fourth-order valence-electron chi connectivity index (χ4n) is 3.21. The zero-order valence-electron chi connectivity index (χ0n) is 15.1. The number of nitrogens with zero attached hydrogens (tertiary/aromatic N) is 1. The molecular weight excluding hydrogens is 344 g/mol. The quantitative estimate of drug-likeness (QED) is 0.820. The highest BCUT2D eigenvalue weighted by molar-refractivity contribution is 5.85. The van der Waals surface area contributed by atoms with Crippen molar-refractivity contribution >= 4 is 11.8 Å². The van der Waals surface area contributed by atoms with Gasteiger partial charge >= 0.3 is 0 Å². The molecule has 0 aromatic heterocycles. The number of amides is 2. The van der Waals surface area contributed by atoms with Gasteiger partial charge in [-0.05, 0) is 48.6 Å². The first-order chi connectivity index (χ1) is 13.1. The molecule has 2 N–H and O–H groups in total. The highest BCUT2D eigenvalue weighted by Crippen LogP contribution is 2.28. The molecule has 0 bridgehead atoms. The zero-order chi connectivity index (χ0) is 19.1. The molecule has 3 rings (SSSR count). The predicted molar refractivity (Wildman–Crippen MR) is 102 cm³/mol. The van der Waals surface area contributed by atoms with Crippen LogP contribution in [-0.2, 0) is 9.59 Å². The van der Waals surface area contributed by atoms with E-state index in [0.29, 0.717) is 24.8 Å². The molecule has 1 fully saturated rings. The topological polar surface area (TPSA) is 78.9 Å². The molecule has 1 saturated heterocycles. The second-order valence-corrected chi connectivity index (χ2v) is 6.63. The Balaban J connectivity index is 1.38. The number of benzene rings is 2. The fourth-order valence-corrected chi connectivity index (χ4v) is 3.21. The molecule has 1 heterocycles. The van der Waals surface area contributed by atoms with Crippen LogP contribution in [0.1, 0.15) is 24.3 Å². The summed E-state index contributed by atoms with van der Waals surface area (Å²) in [5, 5.41) is 12.0. The number of aromatic hydroxyl groups is 1. The first kappa shape index (κ1) is 18.8. The molecule has 0 aliphatic carbocycles. The van der Waals surface area contributed by atoms with Crippen molar-refractivity contribution in [2.24, 2.45) is 0 Å². The number of hydrogen-bond acceptors (Lipinski definition) is 4. The summed E-state index contributed by atoms with van der Waals surface area (Å²) in [6.45, 7) is 1.21. The molecule has 0 saturated carbocycles. The number of rotatable bonds is 6. The van der Waals surface area contributed by atoms with Crippen LogP contribution in [0.3, 0.4) is 0 Å². The van der Waals surface area contributed by atoms with Crippen LogP contribution in [0.15, 0.2) is 54.6 Å². The van der Waals surface area contributed by atoms with Crippen molar-refractivity contribution in [3.05, 3.63) is 60.2 Å². The van der Waals surface area contributed by atoms with E-state index in [1.165, 1.54) is 5.56 Å². The number of phenols is 1. The molecule has 1 aliphatic rings. The molecule has 0 radical (unpaired) electrons. The number of para-hydroxylation sites is 1. The molecule has 6 heteroatoms. The molecule has 0 unspecified atom stereocenters. The van der Waals surface area contributed by atoms with Crippen LogP contribution in [0.2, 0.25) is 0 Å². The van der Waals surface area contributed by atoms with Gasteiger partial charge in [0, 0.05) is 13.1 Å². The summed E-state index contributed by atoms with van der Waals surface area (Å²) in [5.41, 5.74) is 1.19. The minimum atomic E-state index is -0.314. The number of likely N-dealkylation sites (tertiary alicyclic amines) is 1. The van der Waals surface area contributed by atoms with Gasteiger partial charge in [0.05, 0.1) is 6.54 Å². The van der Waals surface area contributed by atoms with Crippen LogP contribution in [0.25, 0.3) is 0 Å². The molecule has 6 nitrogen and oxygen atoms in total. The molecule has 27 heavy (non-hydrogen) atoms. The van der Waals surface area contributed by atoms with E-state index in [1.54, 1.807) is 29.2 Å². The second-order valence-electron chi connectivity index (χ2n) is 6.63. The monoisotopic (exact) mass is 368 g/mol. The van der Waals surface area contributed by atoms with Crippen molar-refractivity contribution in [2.45, 2.75) is 18.8 Å². The van der Waals surface area contributed by atoms with Crippen LogP contribution in [-0.4, -0.2) is 48.1 Å². The average molecular weight is 368 g/mol. The number of carbonyl (C=O) groups excluding carboxylic acids is 2. The van der Waals surface area contributed by atoms with Crippen molar-refractivity contribution in [1.82, 2.24) is 10.2 Å². The van der Waals surface area contributed by atoms with E-state index in [-0.39, 0.29) is 30.7 Å². The average Bonchev–Trinajstić information content (AvgIpc) is 2.72. The third-order valence-corrected chi connectivity index (χ3v) is 4.76. The van der Waals surface area contributed by atoms with Crippen molar-refractivity contribution < 1.29 is 19.4 Å². The fraction of sp³-hybridized carbons (Fsp3) is 0.333. The molecule has 2 amide bonds. The van der Waals surface area contributed by atoms with Crippen LogP contribution >= 0.6 is 0 Å². The van der Waals surface area contributed by atoms with Crippen molar-refractivity contribution in [1.29, 1.82) is 0 Å². The Morgan fingerprint density at radius 3 is 2.37 bits per heavy atom. The third-order valence-electron chi connectivity index (χ3n) is 4.76. The van der Waals surface area contributed by atoms with Gasteiger partial charge in [0.2, 0.25) is 5.91 Å². The number of ether oxygens (including phenoxy) is 1. The van der Waals surface area contributed by atoms with Crippen molar-refractivity contribution in [3.8, 4) is 11.5 Å². The summed E-state index contributed by atoms with van der Waals surface area (Å²) >= 11 is 0. The Morgan fingerprint density at radius 2 is 1.70 bits per heavy atom. The summed E-state index contributed by atoms with van der Waals surface area (Å²) in [4.78, 5) is 25.9. The summed E-state index contributed by atoms with van der Waals surface area (Å²) in [5.74, 6) is 0.885. The van der Waals surface area contributed by atoms with Gasteiger partial charge in [-0.15, -0.1) is 0 Å². The van der Waals surface area contributed by atoms with Gasteiger partial charge in [-0.1, -0.05) is 30.3 Å². The zero-order valence-corrected chi connectivity index (χ0v) is 15.1. The Bertz CT molecular complexity index is 754. The van der Waals surface area contributed by atoms with Crippen LogP contribution in [0, 0.1) is 0 Å². The van der Waals surface area contributed by atoms with Gasteiger partial charge in [0.25, 0.3) is 5.91 Å². The first-order valence-electron chi connectivity index (χ1n) is 9.13. The molecule has 1 aliphatic heterocycles. The summed E-state index contributed by atoms with van der Waals surface area (Å²) < 4.78 is 5.36. The van der Waals surface area contributed by atoms with Crippen LogP contribution < -0.4 is 10.1 Å². The third kappa shape index (κ3) is 5.48. The molecular formula is C21H24N2O4. The number of hydrogen-bond donors (Lipinski definition) is 2. The molecule has 2 aromatic rings. The minimum absolute atomic E-state index is 0.0130. The van der Waals surface area contributed by atoms with E-state index in [9.17, 15) is 14.7 Å². The van der Waals surface area contributed by atoms with E-state index >= 15 is 0 Å². The van der Waals surface area contributed by atoms with Gasteiger partial charge in [-0.3, -0.25) is 9.59 Å². The lowest BCUT2D eigenvalue weighted by atomic mass is 9.89. The van der Waals surface area contributed by atoms with E-state index in [2.05, 4.69) is 5.32 Å². The Hall–Kier alpha value is -3.02. The standard InChI is InChI=1S/C21H24N2O4/c24-18-8-6-16(7-9-18)17-10-12-23(13-11-17)21(26)14-22-20(25)15-27-19-4-2-1-3-5-19/h1-9,17,24H,10-15H2,(H,22,25). The first-order valence-corrected chi connectivity index (χ1v) is 9.13. The number of carbonyl (C=O) groups is 2. The Labute approximate surface area is 158 Å². The van der Waals surface area contributed by atoms with Gasteiger partial charge in [-0.2, -0.15) is 0 Å². The highest BCUT2D eigenvalue weighted by Gasteiger charge is 2.23. The highest BCUT2D eigenvalue weighted by atomic mass is 16.5. The maximum atomic E-state index is 12.3. The number of piperidine rings is 1. The number of nitrogens with one attached hydrogen (secondary N) is 1. The molecule has 2 aromatic carbocycles. The van der Waals surface area contributed by atoms with Gasteiger partial charge in [0.15, 0.2) is 6.61 Å². The lowest BCUT2D eigenvalue weighted by Crippen LogP contribution is -2.44. The SMILES string of the molecule is O=C(COc1ccccc1)NCC(=O)N1CCC(c2ccc(O)cc2)CC1. The number of phenolic OH excluding ortho intramolecular Hbond substituents is 1. The smallest absolute Gasteiger partial charge is 0.258 e. The largest absolute Gasteiger partial charge is 0.508 e. The predicted octanol–water partition coefficient (Wildman–Crippen LogP) is 2.29. The Kier molecular flexibility index (Phi) is 6.30. The minimum Gasteiger partial charge on any atom is -0.508 e. The molecule has 142 valence electrons. The van der Waals surface area contributed by atoms with Gasteiger partial charge in [-0.25, -0.2) is 0 Å². The van der Waals surface area contributed by atoms with Crippen molar-refractivity contribution in [2.75, 3.05) is 26.2 Å². The van der Waals surface area contributed by atoms with Crippen LogP contribution in [0.4, 0.5) is 0 Å². The van der Waals surface area contributed by atoms with Crippen LogP contribution in [0.5, 0.6) is 11.5 Å². The normalized spacial score (nSPS) is 14.6. The lowest BCUT2D eigenvalue weighted by molar-refractivity contribution is -0.134. The molecule has 0 spiro atoms. The Morgan fingerprint density at radius 1 is 1.04 bits per heavy atom. The lowest BCUT2D eigenvalue weighted by Gasteiger charge is -2.32. The van der Waals surface area contributed by atoms with Crippen molar-refractivity contribution in [3.63, 3.8) is 0 Å². The van der Waals surface area contributed by atoms with E-state index < -0.39 is 0 Å². The summed E-state index contributed by atoms with van der Waals surface area (Å²) in [6, 6.07) is 16.3.